The molecule has 1 aromatic carbocycles. The normalized spacial score (nSPS) is 14.6. The van der Waals surface area contributed by atoms with Crippen molar-refractivity contribution in [2.75, 3.05) is 19.7 Å². The van der Waals surface area contributed by atoms with E-state index in [0.29, 0.717) is 45.5 Å². The van der Waals surface area contributed by atoms with Crippen LogP contribution in [0.4, 0.5) is 0 Å². The Labute approximate surface area is 159 Å². The number of nitrogens with zero attached hydrogens (tertiary/aromatic N) is 2. The number of piperidine rings is 1. The molecular formula is C21H25N3O3. The summed E-state index contributed by atoms with van der Waals surface area (Å²) in [6, 6.07) is 15.1. The predicted octanol–water partition coefficient (Wildman–Crippen LogP) is 2.41. The Morgan fingerprint density at radius 2 is 1.81 bits per heavy atom. The summed E-state index contributed by atoms with van der Waals surface area (Å²) >= 11 is 0. The lowest BCUT2D eigenvalue weighted by Crippen LogP contribution is -2.43. The van der Waals surface area contributed by atoms with Gasteiger partial charge in [-0.2, -0.15) is 0 Å². The lowest BCUT2D eigenvalue weighted by Gasteiger charge is -2.31. The van der Waals surface area contributed by atoms with Crippen LogP contribution in [0.3, 0.4) is 0 Å². The van der Waals surface area contributed by atoms with Gasteiger partial charge in [0.1, 0.15) is 5.75 Å². The Morgan fingerprint density at radius 3 is 2.52 bits per heavy atom. The Kier molecular flexibility index (Phi) is 6.79. The largest absolute Gasteiger partial charge is 0.493 e. The number of likely N-dealkylation sites (tertiary alicyclic amines) is 1. The average Bonchev–Trinajstić information content (AvgIpc) is 2.73. The maximum Gasteiger partial charge on any atom is 0.225 e. The summed E-state index contributed by atoms with van der Waals surface area (Å²) in [6.07, 6.45) is 3.46. The number of rotatable bonds is 7. The van der Waals surface area contributed by atoms with Crippen molar-refractivity contribution in [1.82, 2.24) is 15.2 Å². The number of nitrogens with one attached hydrogen (secondary N) is 1. The zero-order valence-corrected chi connectivity index (χ0v) is 15.3. The molecule has 3 rings (SSSR count). The van der Waals surface area contributed by atoms with E-state index in [1.165, 1.54) is 0 Å². The van der Waals surface area contributed by atoms with Crippen LogP contribution in [0.2, 0.25) is 0 Å². The van der Waals surface area contributed by atoms with E-state index in [1.54, 1.807) is 6.20 Å². The van der Waals surface area contributed by atoms with Gasteiger partial charge in [-0.05, 0) is 37.1 Å². The number of pyridine rings is 1. The highest BCUT2D eigenvalue weighted by Gasteiger charge is 2.27. The van der Waals surface area contributed by atoms with E-state index < -0.39 is 0 Å². The molecule has 6 nitrogen and oxygen atoms in total. The summed E-state index contributed by atoms with van der Waals surface area (Å²) in [4.78, 5) is 30.7. The second-order valence-corrected chi connectivity index (χ2v) is 6.61. The number of aromatic nitrogens is 1. The summed E-state index contributed by atoms with van der Waals surface area (Å²) in [7, 11) is 0. The SMILES string of the molecule is O=C(NCc1ccccn1)C1CCN(C(=O)CCOc2ccccc2)CC1. The highest BCUT2D eigenvalue weighted by atomic mass is 16.5. The van der Waals surface area contributed by atoms with Gasteiger partial charge in [0.05, 0.1) is 25.3 Å². The van der Waals surface area contributed by atoms with Crippen LogP contribution in [0.1, 0.15) is 25.0 Å². The van der Waals surface area contributed by atoms with Gasteiger partial charge < -0.3 is 15.0 Å². The van der Waals surface area contributed by atoms with Gasteiger partial charge in [0.15, 0.2) is 0 Å². The third-order valence-corrected chi connectivity index (χ3v) is 4.72. The minimum Gasteiger partial charge on any atom is -0.493 e. The van der Waals surface area contributed by atoms with Crippen LogP contribution >= 0.6 is 0 Å². The number of para-hydroxylation sites is 1. The highest BCUT2D eigenvalue weighted by Crippen LogP contribution is 2.18. The molecule has 0 aliphatic carbocycles. The molecule has 0 atom stereocenters. The first kappa shape index (κ1) is 18.9. The summed E-state index contributed by atoms with van der Waals surface area (Å²) in [5.74, 6) is 0.852. The summed E-state index contributed by atoms with van der Waals surface area (Å²) < 4.78 is 5.58. The fourth-order valence-electron chi connectivity index (χ4n) is 3.15. The third-order valence-electron chi connectivity index (χ3n) is 4.72. The van der Waals surface area contributed by atoms with Crippen LogP contribution in [0.5, 0.6) is 5.75 Å². The number of amides is 2. The van der Waals surface area contributed by atoms with E-state index >= 15 is 0 Å². The molecule has 0 radical (unpaired) electrons. The van der Waals surface area contributed by atoms with Crippen LogP contribution in [-0.4, -0.2) is 41.4 Å². The fourth-order valence-corrected chi connectivity index (χ4v) is 3.15. The number of hydrogen-bond donors (Lipinski definition) is 1. The van der Waals surface area contributed by atoms with Crippen molar-refractivity contribution in [1.29, 1.82) is 0 Å². The molecule has 1 aliphatic rings. The molecule has 0 spiro atoms. The van der Waals surface area contributed by atoms with Gasteiger partial charge in [-0.1, -0.05) is 24.3 Å². The van der Waals surface area contributed by atoms with Crippen molar-refractivity contribution in [3.8, 4) is 5.75 Å². The summed E-state index contributed by atoms with van der Waals surface area (Å²) in [5, 5.41) is 2.94. The van der Waals surface area contributed by atoms with E-state index in [9.17, 15) is 9.59 Å². The quantitative estimate of drug-likeness (QED) is 0.816. The maximum atomic E-state index is 12.3. The fraction of sp³-hybridized carbons (Fsp3) is 0.381. The zero-order chi connectivity index (χ0) is 18.9. The van der Waals surface area contributed by atoms with E-state index in [-0.39, 0.29) is 17.7 Å². The van der Waals surface area contributed by atoms with Crippen LogP contribution in [-0.2, 0) is 16.1 Å². The number of benzene rings is 1. The van der Waals surface area contributed by atoms with Gasteiger partial charge in [0, 0.05) is 25.2 Å². The van der Waals surface area contributed by atoms with E-state index in [0.717, 1.165) is 11.4 Å². The van der Waals surface area contributed by atoms with Gasteiger partial charge in [0.25, 0.3) is 0 Å². The van der Waals surface area contributed by atoms with Gasteiger partial charge in [-0.15, -0.1) is 0 Å². The molecule has 6 heteroatoms. The number of ether oxygens (including phenoxy) is 1. The van der Waals surface area contributed by atoms with E-state index in [1.807, 2.05) is 53.4 Å². The molecule has 2 amide bonds. The van der Waals surface area contributed by atoms with Crippen molar-refractivity contribution >= 4 is 11.8 Å². The smallest absolute Gasteiger partial charge is 0.225 e. The summed E-state index contributed by atoms with van der Waals surface area (Å²) in [6.45, 7) is 2.04. The van der Waals surface area contributed by atoms with Gasteiger partial charge in [-0.25, -0.2) is 0 Å². The van der Waals surface area contributed by atoms with E-state index in [2.05, 4.69) is 10.3 Å². The van der Waals surface area contributed by atoms with Crippen LogP contribution in [0.25, 0.3) is 0 Å². The molecule has 1 aliphatic heterocycles. The molecule has 2 heterocycles. The predicted molar refractivity (Wildman–Crippen MR) is 102 cm³/mol. The number of carbonyl (C=O) groups is 2. The second-order valence-electron chi connectivity index (χ2n) is 6.61. The van der Waals surface area contributed by atoms with Crippen LogP contribution in [0, 0.1) is 5.92 Å². The van der Waals surface area contributed by atoms with Gasteiger partial charge in [0.2, 0.25) is 11.8 Å². The molecule has 1 aromatic heterocycles. The minimum absolute atomic E-state index is 0.0418. The monoisotopic (exact) mass is 367 g/mol. The molecular weight excluding hydrogens is 342 g/mol. The maximum absolute atomic E-state index is 12.3. The minimum atomic E-state index is -0.0432. The average molecular weight is 367 g/mol. The molecule has 27 heavy (non-hydrogen) atoms. The number of carbonyl (C=O) groups excluding carboxylic acids is 2. The number of hydrogen-bond acceptors (Lipinski definition) is 4. The van der Waals surface area contributed by atoms with Crippen LogP contribution in [0.15, 0.2) is 54.7 Å². The van der Waals surface area contributed by atoms with Gasteiger partial charge in [-0.3, -0.25) is 14.6 Å². The molecule has 1 N–H and O–H groups in total. The first-order chi connectivity index (χ1) is 13.2. The van der Waals surface area contributed by atoms with Crippen molar-refractivity contribution in [2.24, 2.45) is 5.92 Å². The Hall–Kier alpha value is -2.89. The first-order valence-electron chi connectivity index (χ1n) is 9.35. The van der Waals surface area contributed by atoms with Crippen LogP contribution < -0.4 is 10.1 Å². The lowest BCUT2D eigenvalue weighted by molar-refractivity contribution is -0.136. The molecule has 2 aromatic rings. The van der Waals surface area contributed by atoms with Crippen molar-refractivity contribution < 1.29 is 14.3 Å². The zero-order valence-electron chi connectivity index (χ0n) is 15.3. The molecule has 1 fully saturated rings. The third kappa shape index (κ3) is 5.81. The molecule has 0 unspecified atom stereocenters. The molecule has 0 saturated carbocycles. The molecule has 1 saturated heterocycles. The van der Waals surface area contributed by atoms with Crippen molar-refractivity contribution in [3.05, 3.63) is 60.4 Å². The topological polar surface area (TPSA) is 71.5 Å². The van der Waals surface area contributed by atoms with E-state index in [4.69, 9.17) is 4.74 Å². The molecule has 142 valence electrons. The highest BCUT2D eigenvalue weighted by molar-refractivity contribution is 5.80. The van der Waals surface area contributed by atoms with Crippen molar-refractivity contribution in [3.63, 3.8) is 0 Å². The Bertz CT molecular complexity index is 729. The molecule has 0 bridgehead atoms. The standard InChI is InChI=1S/C21H25N3O3/c25-20(11-15-27-19-7-2-1-3-8-19)24-13-9-17(10-14-24)21(26)23-16-18-6-4-5-12-22-18/h1-8,12,17H,9-11,13-16H2,(H,23,26). The Morgan fingerprint density at radius 1 is 1.07 bits per heavy atom. The summed E-state index contributed by atoms with van der Waals surface area (Å²) in [5.41, 5.74) is 0.844. The van der Waals surface area contributed by atoms with Crippen molar-refractivity contribution in [2.45, 2.75) is 25.8 Å². The first-order valence-corrected chi connectivity index (χ1v) is 9.35. The van der Waals surface area contributed by atoms with Gasteiger partial charge >= 0.3 is 0 Å². The lowest BCUT2D eigenvalue weighted by atomic mass is 9.95. The second kappa shape index (κ2) is 9.71. The Balaban J connectivity index is 1.35.